The van der Waals surface area contributed by atoms with Crippen molar-refractivity contribution in [2.24, 2.45) is 5.92 Å². The number of carbonyl (C=O) groups is 1. The van der Waals surface area contributed by atoms with Gasteiger partial charge in [0.2, 0.25) is 0 Å². The first-order valence-corrected chi connectivity index (χ1v) is 10.8. The van der Waals surface area contributed by atoms with Crippen LogP contribution in [0.3, 0.4) is 0 Å². The molecule has 0 aliphatic carbocycles. The van der Waals surface area contributed by atoms with E-state index in [1.807, 2.05) is 42.5 Å². The Morgan fingerprint density at radius 3 is 2.30 bits per heavy atom. The average molecular weight is 476 g/mol. The van der Waals surface area contributed by atoms with Gasteiger partial charge in [0.15, 0.2) is 6.10 Å². The van der Waals surface area contributed by atoms with E-state index in [2.05, 4.69) is 9.97 Å². The highest BCUT2D eigenvalue weighted by atomic mass is 35.5. The fourth-order valence-electron chi connectivity index (χ4n) is 3.85. The van der Waals surface area contributed by atoms with Crippen LogP contribution in [0.4, 0.5) is 19.0 Å². The molecule has 0 amide bonds. The number of hydrogen-bond acceptors (Lipinski definition) is 5. The number of piperidine rings is 1. The molecule has 0 N–H and O–H groups in total. The number of alkyl halides is 3. The van der Waals surface area contributed by atoms with Crippen molar-refractivity contribution in [2.75, 3.05) is 18.0 Å². The van der Waals surface area contributed by atoms with Crippen molar-refractivity contribution in [2.45, 2.75) is 25.1 Å². The number of halogens is 4. The fourth-order valence-corrected chi connectivity index (χ4v) is 4.14. The number of hydrogen-bond donors (Lipinski definition) is 0. The van der Waals surface area contributed by atoms with E-state index in [-0.39, 0.29) is 22.7 Å². The molecule has 0 spiro atoms. The molecule has 4 rings (SSSR count). The van der Waals surface area contributed by atoms with Gasteiger partial charge in [0.25, 0.3) is 0 Å². The molecule has 0 bridgehead atoms. The number of ether oxygens (including phenoxy) is 1. The van der Waals surface area contributed by atoms with Crippen LogP contribution in [0.1, 0.15) is 35.6 Å². The Labute approximate surface area is 194 Å². The van der Waals surface area contributed by atoms with Crippen molar-refractivity contribution in [3.8, 4) is 0 Å². The third kappa shape index (κ3) is 5.45. The number of anilines is 1. The van der Waals surface area contributed by atoms with E-state index in [4.69, 9.17) is 16.3 Å². The molecule has 1 atom stereocenters. The van der Waals surface area contributed by atoms with E-state index in [1.165, 1.54) is 0 Å². The highest BCUT2D eigenvalue weighted by Crippen LogP contribution is 2.35. The Balaban J connectivity index is 1.43. The lowest BCUT2D eigenvalue weighted by molar-refractivity contribution is -0.153. The Morgan fingerprint density at radius 2 is 1.70 bits per heavy atom. The second kappa shape index (κ2) is 9.79. The molecule has 0 radical (unpaired) electrons. The standard InChI is InChI=1S/C24H21ClF3N3O2/c25-20-14-19(24(26,27)28)15-30-22(20)31-12-8-18(9-13-31)23(32)33-21(16-4-2-1-3-5-16)17-6-10-29-11-7-17/h1-7,10-11,14-15,18,21H,8-9,12-13H2/t21-/m0/s1. The van der Waals surface area contributed by atoms with Gasteiger partial charge < -0.3 is 9.64 Å². The average Bonchev–Trinajstić information content (AvgIpc) is 2.83. The molecule has 1 saturated heterocycles. The fraction of sp³-hybridized carbons (Fsp3) is 0.292. The van der Waals surface area contributed by atoms with Gasteiger partial charge in [0.1, 0.15) is 5.82 Å². The molecule has 3 aromatic rings. The summed E-state index contributed by atoms with van der Waals surface area (Å²) in [6.07, 6.45) is -0.00955. The molecule has 33 heavy (non-hydrogen) atoms. The summed E-state index contributed by atoms with van der Waals surface area (Å²) in [7, 11) is 0. The van der Waals surface area contributed by atoms with Crippen LogP contribution < -0.4 is 4.90 Å². The maximum absolute atomic E-state index is 13.0. The molecule has 1 aliphatic rings. The second-order valence-corrected chi connectivity index (χ2v) is 8.20. The van der Waals surface area contributed by atoms with Gasteiger partial charge in [-0.25, -0.2) is 4.98 Å². The second-order valence-electron chi connectivity index (χ2n) is 7.80. The Morgan fingerprint density at radius 1 is 1.06 bits per heavy atom. The highest BCUT2D eigenvalue weighted by molar-refractivity contribution is 6.33. The number of pyridine rings is 2. The summed E-state index contributed by atoms with van der Waals surface area (Å²) in [5.41, 5.74) is 0.788. The third-order valence-electron chi connectivity index (χ3n) is 5.62. The predicted molar refractivity (Wildman–Crippen MR) is 118 cm³/mol. The SMILES string of the molecule is O=C(O[C@@H](c1ccccc1)c1ccncc1)C1CCN(c2ncc(C(F)(F)F)cc2Cl)CC1. The van der Waals surface area contributed by atoms with Crippen LogP contribution in [0.2, 0.25) is 5.02 Å². The van der Waals surface area contributed by atoms with Gasteiger partial charge in [-0.1, -0.05) is 41.9 Å². The zero-order valence-corrected chi connectivity index (χ0v) is 18.3. The van der Waals surface area contributed by atoms with Crippen molar-refractivity contribution in [3.63, 3.8) is 0 Å². The van der Waals surface area contributed by atoms with Crippen molar-refractivity contribution < 1.29 is 22.7 Å². The summed E-state index contributed by atoms with van der Waals surface area (Å²) in [6.45, 7) is 0.867. The lowest BCUT2D eigenvalue weighted by Gasteiger charge is -2.33. The van der Waals surface area contributed by atoms with Crippen LogP contribution >= 0.6 is 11.6 Å². The van der Waals surface area contributed by atoms with Crippen LogP contribution in [0, 0.1) is 5.92 Å². The number of benzene rings is 1. The smallest absolute Gasteiger partial charge is 0.417 e. The van der Waals surface area contributed by atoms with Crippen LogP contribution in [-0.2, 0) is 15.7 Å². The van der Waals surface area contributed by atoms with Gasteiger partial charge in [-0.05, 0) is 36.6 Å². The Kier molecular flexibility index (Phi) is 6.83. The summed E-state index contributed by atoms with van der Waals surface area (Å²) in [6, 6.07) is 14.0. The quantitative estimate of drug-likeness (QED) is 0.443. The third-order valence-corrected chi connectivity index (χ3v) is 5.90. The molecule has 172 valence electrons. The Hall–Kier alpha value is -3.13. The summed E-state index contributed by atoms with van der Waals surface area (Å²) in [5.74, 6) is -0.357. The van der Waals surface area contributed by atoms with E-state index in [9.17, 15) is 18.0 Å². The van der Waals surface area contributed by atoms with Gasteiger partial charge in [-0.15, -0.1) is 0 Å². The van der Waals surface area contributed by atoms with E-state index in [1.54, 1.807) is 17.3 Å². The molecule has 0 unspecified atom stereocenters. The van der Waals surface area contributed by atoms with Crippen LogP contribution in [0.15, 0.2) is 67.1 Å². The summed E-state index contributed by atoms with van der Waals surface area (Å²) in [5, 5.41) is -0.0623. The first-order chi connectivity index (χ1) is 15.8. The Bertz CT molecular complexity index is 1050. The minimum atomic E-state index is -4.50. The molecule has 2 aromatic heterocycles. The van der Waals surface area contributed by atoms with Gasteiger partial charge >= 0.3 is 12.1 Å². The number of aromatic nitrogens is 2. The monoisotopic (exact) mass is 475 g/mol. The van der Waals surface area contributed by atoms with Crippen molar-refractivity contribution in [3.05, 3.63) is 88.8 Å². The number of carbonyl (C=O) groups excluding carboxylic acids is 1. The van der Waals surface area contributed by atoms with Crippen molar-refractivity contribution in [1.29, 1.82) is 0 Å². The molecule has 3 heterocycles. The number of rotatable bonds is 5. The van der Waals surface area contributed by atoms with Crippen LogP contribution in [0.25, 0.3) is 0 Å². The molecule has 1 fully saturated rings. The zero-order valence-electron chi connectivity index (χ0n) is 17.5. The van der Waals surface area contributed by atoms with Gasteiger partial charge in [0, 0.05) is 37.2 Å². The van der Waals surface area contributed by atoms with Gasteiger partial charge in [-0.2, -0.15) is 13.2 Å². The highest BCUT2D eigenvalue weighted by Gasteiger charge is 2.33. The zero-order chi connectivity index (χ0) is 23.4. The molecular weight excluding hydrogens is 455 g/mol. The van der Waals surface area contributed by atoms with Crippen LogP contribution in [-0.4, -0.2) is 29.0 Å². The first kappa shape index (κ1) is 23.0. The lowest BCUT2D eigenvalue weighted by atomic mass is 9.96. The van der Waals surface area contributed by atoms with Crippen molar-refractivity contribution in [1.82, 2.24) is 9.97 Å². The maximum atomic E-state index is 13.0. The van der Waals surface area contributed by atoms with E-state index in [0.29, 0.717) is 25.9 Å². The van der Waals surface area contributed by atoms with E-state index >= 15 is 0 Å². The number of esters is 1. The summed E-state index contributed by atoms with van der Waals surface area (Å²) in [4.78, 5) is 22.7. The molecule has 1 aromatic carbocycles. The van der Waals surface area contributed by atoms with Crippen molar-refractivity contribution >= 4 is 23.4 Å². The maximum Gasteiger partial charge on any atom is 0.417 e. The van der Waals surface area contributed by atoms with Gasteiger partial charge in [-0.3, -0.25) is 9.78 Å². The molecule has 0 saturated carbocycles. The predicted octanol–water partition coefficient (Wildman–Crippen LogP) is 5.70. The first-order valence-electron chi connectivity index (χ1n) is 10.5. The van der Waals surface area contributed by atoms with Gasteiger partial charge in [0.05, 0.1) is 16.5 Å². The molecule has 9 heteroatoms. The molecule has 1 aliphatic heterocycles. The van der Waals surface area contributed by atoms with Crippen LogP contribution in [0.5, 0.6) is 0 Å². The van der Waals surface area contributed by atoms with E-state index < -0.39 is 17.8 Å². The lowest BCUT2D eigenvalue weighted by Crippen LogP contribution is -2.38. The normalized spacial score (nSPS) is 15.8. The summed E-state index contributed by atoms with van der Waals surface area (Å²) < 4.78 is 44.5. The molecule has 5 nitrogen and oxygen atoms in total. The largest absolute Gasteiger partial charge is 0.452 e. The minimum absolute atomic E-state index is 0.0623. The minimum Gasteiger partial charge on any atom is -0.452 e. The number of nitrogens with zero attached hydrogens (tertiary/aromatic N) is 3. The van der Waals surface area contributed by atoms with E-state index in [0.717, 1.165) is 23.4 Å². The topological polar surface area (TPSA) is 55.3 Å². The molecular formula is C24H21ClF3N3O2. The summed E-state index contributed by atoms with van der Waals surface area (Å²) >= 11 is 6.07.